The summed E-state index contributed by atoms with van der Waals surface area (Å²) < 4.78 is 24.1. The molecule has 5 rings (SSSR count). The molecule has 2 N–H and O–H groups in total. The lowest BCUT2D eigenvalue weighted by Gasteiger charge is -2.24. The van der Waals surface area contributed by atoms with Crippen molar-refractivity contribution in [1.29, 1.82) is 0 Å². The first-order valence-corrected chi connectivity index (χ1v) is 13.0. The zero-order valence-electron chi connectivity index (χ0n) is 21.1. The summed E-state index contributed by atoms with van der Waals surface area (Å²) in [6.07, 6.45) is 6.99. The van der Waals surface area contributed by atoms with Crippen molar-refractivity contribution in [2.24, 2.45) is 7.05 Å². The average molecular weight is 527 g/mol. The minimum absolute atomic E-state index is 0.0269. The minimum Gasteiger partial charge on any atom is -0.488 e. The number of hydrogen-bond donors (Lipinski definition) is 1. The van der Waals surface area contributed by atoms with E-state index in [0.717, 1.165) is 60.5 Å². The average Bonchev–Trinajstić information content (AvgIpc) is 3.51. The van der Waals surface area contributed by atoms with Crippen LogP contribution in [-0.4, -0.2) is 66.2 Å². The van der Waals surface area contributed by atoms with E-state index >= 15 is 0 Å². The highest BCUT2D eigenvalue weighted by molar-refractivity contribution is 6.29. The van der Waals surface area contributed by atoms with Crippen molar-refractivity contribution in [3.63, 3.8) is 0 Å². The van der Waals surface area contributed by atoms with Crippen LogP contribution in [0.3, 0.4) is 0 Å². The second kappa shape index (κ2) is 11.0. The van der Waals surface area contributed by atoms with Crippen LogP contribution in [0, 0.1) is 6.92 Å². The van der Waals surface area contributed by atoms with Gasteiger partial charge in [-0.25, -0.2) is 18.9 Å². The number of halogens is 2. The van der Waals surface area contributed by atoms with E-state index in [1.54, 1.807) is 21.5 Å². The lowest BCUT2D eigenvalue weighted by Crippen LogP contribution is -2.35. The Morgan fingerprint density at radius 2 is 2.05 bits per heavy atom. The Bertz CT molecular complexity index is 1350. The van der Waals surface area contributed by atoms with Crippen molar-refractivity contribution >= 4 is 22.9 Å². The van der Waals surface area contributed by atoms with Crippen LogP contribution in [0.5, 0.6) is 5.75 Å². The molecule has 5 heterocycles. The Morgan fingerprint density at radius 1 is 1.19 bits per heavy atom. The van der Waals surface area contributed by atoms with Crippen molar-refractivity contribution in [2.45, 2.75) is 51.2 Å². The van der Waals surface area contributed by atoms with Gasteiger partial charge in [-0.15, -0.1) is 0 Å². The van der Waals surface area contributed by atoms with Crippen LogP contribution in [0.2, 0.25) is 5.15 Å². The summed E-state index contributed by atoms with van der Waals surface area (Å²) in [6, 6.07) is 7.57. The number of fused-ring (bicyclic) bond motifs is 1. The number of pyridine rings is 1. The highest BCUT2D eigenvalue weighted by atomic mass is 35.5. The number of unbranched alkanes of at least 4 members (excludes halogenated alkanes) is 2. The van der Waals surface area contributed by atoms with E-state index in [2.05, 4.69) is 25.1 Å². The summed E-state index contributed by atoms with van der Waals surface area (Å²) in [6.45, 7) is 3.62. The van der Waals surface area contributed by atoms with Gasteiger partial charge in [0, 0.05) is 49.6 Å². The van der Waals surface area contributed by atoms with Crippen LogP contribution in [-0.2, 0) is 13.5 Å². The zero-order chi connectivity index (χ0) is 25.9. The van der Waals surface area contributed by atoms with Crippen molar-refractivity contribution in [3.8, 4) is 17.0 Å². The number of likely N-dealkylation sites (tertiary alicyclic amines) is 1. The Morgan fingerprint density at radius 3 is 2.89 bits per heavy atom. The summed E-state index contributed by atoms with van der Waals surface area (Å²) in [5, 5.41) is 9.12. The van der Waals surface area contributed by atoms with Gasteiger partial charge in [0.25, 0.3) is 0 Å². The first-order valence-electron chi connectivity index (χ1n) is 12.6. The van der Waals surface area contributed by atoms with Gasteiger partial charge in [0.1, 0.15) is 35.3 Å². The van der Waals surface area contributed by atoms with Gasteiger partial charge >= 0.3 is 0 Å². The van der Waals surface area contributed by atoms with Crippen LogP contribution in [0.1, 0.15) is 37.2 Å². The van der Waals surface area contributed by atoms with Gasteiger partial charge in [0.05, 0.1) is 11.7 Å². The molecule has 1 aliphatic rings. The summed E-state index contributed by atoms with van der Waals surface area (Å²) >= 11 is 6.03. The van der Waals surface area contributed by atoms with E-state index in [4.69, 9.17) is 22.1 Å². The molecule has 0 unspecified atom stereocenters. The molecule has 1 fully saturated rings. The number of aromatic nitrogens is 6. The standard InChI is InChI=1S/C26H32ClFN8O/c1-17-10-23(27)32-25(31-17)6-4-3-5-8-35-15-19(28)12-21(35)16-37-22-14-30-34(2)26(22)18-7-9-36-20(11-18)13-24(29)33-36/h7,9-11,13-14,19,21H,3-6,8,12,15-16H2,1-2H3,(H2,29,33)/t19-,21-/m1/s1. The summed E-state index contributed by atoms with van der Waals surface area (Å²) in [5.41, 5.74) is 9.42. The van der Waals surface area contributed by atoms with Crippen LogP contribution in [0.25, 0.3) is 16.8 Å². The number of nitrogens with zero attached hydrogens (tertiary/aromatic N) is 7. The first kappa shape index (κ1) is 25.4. The molecule has 0 amide bonds. The maximum Gasteiger partial charge on any atom is 0.165 e. The largest absolute Gasteiger partial charge is 0.488 e. The number of anilines is 1. The number of alkyl halides is 1. The molecule has 11 heteroatoms. The zero-order valence-corrected chi connectivity index (χ0v) is 21.9. The minimum atomic E-state index is -0.834. The fourth-order valence-electron chi connectivity index (χ4n) is 5.04. The van der Waals surface area contributed by atoms with Crippen molar-refractivity contribution in [2.75, 3.05) is 25.4 Å². The van der Waals surface area contributed by atoms with Gasteiger partial charge in [0.15, 0.2) is 5.75 Å². The number of hydrogen-bond acceptors (Lipinski definition) is 7. The highest BCUT2D eigenvalue weighted by Crippen LogP contribution is 2.31. The summed E-state index contributed by atoms with van der Waals surface area (Å²) in [5.74, 6) is 1.93. The van der Waals surface area contributed by atoms with E-state index in [0.29, 0.717) is 36.3 Å². The van der Waals surface area contributed by atoms with Crippen LogP contribution >= 0.6 is 11.6 Å². The fourth-order valence-corrected chi connectivity index (χ4v) is 5.30. The molecular formula is C26H32ClFN8O. The highest BCUT2D eigenvalue weighted by Gasteiger charge is 2.32. The molecule has 0 aliphatic carbocycles. The number of rotatable bonds is 10. The Labute approximate surface area is 220 Å². The van der Waals surface area contributed by atoms with Crippen LogP contribution < -0.4 is 10.5 Å². The molecule has 1 saturated heterocycles. The molecule has 2 atom stereocenters. The third-order valence-electron chi connectivity index (χ3n) is 6.78. The van der Waals surface area contributed by atoms with Gasteiger partial charge in [0.2, 0.25) is 0 Å². The fraction of sp³-hybridized carbons (Fsp3) is 0.462. The maximum atomic E-state index is 14.4. The van der Waals surface area contributed by atoms with E-state index in [-0.39, 0.29) is 6.04 Å². The molecule has 37 heavy (non-hydrogen) atoms. The molecule has 4 aromatic rings. The van der Waals surface area contributed by atoms with Gasteiger partial charge in [-0.3, -0.25) is 9.58 Å². The van der Waals surface area contributed by atoms with Crippen LogP contribution in [0.4, 0.5) is 10.2 Å². The lowest BCUT2D eigenvalue weighted by molar-refractivity contribution is 0.170. The maximum absolute atomic E-state index is 14.4. The topological polar surface area (TPSA) is 99.4 Å². The molecule has 0 saturated carbocycles. The molecule has 0 aromatic carbocycles. The Balaban J connectivity index is 1.16. The monoisotopic (exact) mass is 526 g/mol. The predicted molar refractivity (Wildman–Crippen MR) is 142 cm³/mol. The Kier molecular flexibility index (Phi) is 7.57. The molecule has 196 valence electrons. The SMILES string of the molecule is Cc1cc(Cl)nc(CCCCCN2C[C@H](F)C[C@@H]2COc2cnn(C)c2-c2ccn3nc(N)cc3c2)n1. The predicted octanol–water partition coefficient (Wildman–Crippen LogP) is 4.27. The smallest absolute Gasteiger partial charge is 0.165 e. The second-order valence-electron chi connectivity index (χ2n) is 9.69. The second-order valence-corrected chi connectivity index (χ2v) is 10.1. The van der Waals surface area contributed by atoms with Gasteiger partial charge in [-0.2, -0.15) is 10.2 Å². The summed E-state index contributed by atoms with van der Waals surface area (Å²) in [4.78, 5) is 10.9. The van der Waals surface area contributed by atoms with E-state index in [1.165, 1.54) is 0 Å². The number of nitrogens with two attached hydrogens (primary N) is 1. The Hall–Kier alpha value is -3.24. The first-order chi connectivity index (χ1) is 17.9. The molecular weight excluding hydrogens is 495 g/mol. The number of ether oxygens (including phenoxy) is 1. The van der Waals surface area contributed by atoms with Gasteiger partial charge < -0.3 is 10.5 Å². The molecule has 9 nitrogen and oxygen atoms in total. The van der Waals surface area contributed by atoms with Crippen molar-refractivity contribution in [1.82, 2.24) is 34.3 Å². The molecule has 1 aliphatic heterocycles. The third kappa shape index (κ3) is 6.02. The van der Waals surface area contributed by atoms with Gasteiger partial charge in [-0.05, 0) is 50.9 Å². The van der Waals surface area contributed by atoms with E-state index in [1.807, 2.05) is 38.4 Å². The molecule has 4 aromatic heterocycles. The lowest BCUT2D eigenvalue weighted by atomic mass is 10.1. The number of nitrogen functional groups attached to an aromatic ring is 1. The van der Waals surface area contributed by atoms with E-state index < -0.39 is 6.17 Å². The van der Waals surface area contributed by atoms with Crippen LogP contribution in [0.15, 0.2) is 36.7 Å². The quantitative estimate of drug-likeness (QED) is 0.243. The van der Waals surface area contributed by atoms with E-state index in [9.17, 15) is 4.39 Å². The van der Waals surface area contributed by atoms with Crippen molar-refractivity contribution < 1.29 is 9.13 Å². The molecule has 0 radical (unpaired) electrons. The van der Waals surface area contributed by atoms with Gasteiger partial charge in [-0.1, -0.05) is 18.0 Å². The molecule has 0 bridgehead atoms. The third-order valence-corrected chi connectivity index (χ3v) is 6.98. The van der Waals surface area contributed by atoms with Crippen molar-refractivity contribution in [3.05, 3.63) is 53.3 Å². The molecule has 0 spiro atoms. The summed E-state index contributed by atoms with van der Waals surface area (Å²) in [7, 11) is 1.88. The number of aryl methyl sites for hydroxylation is 3. The normalized spacial score (nSPS) is 18.2.